The molecule has 12 N–H and O–H groups in total. The van der Waals surface area contributed by atoms with E-state index in [1.807, 2.05) is 5.32 Å². The molecule has 0 aliphatic carbocycles. The number of carboxylic acids is 1. The van der Waals surface area contributed by atoms with E-state index in [-0.39, 0.29) is 12.8 Å². The Hall–Kier alpha value is -3.30. The van der Waals surface area contributed by atoms with Crippen LogP contribution in [0.5, 0.6) is 0 Å². The second kappa shape index (κ2) is 13.2. The van der Waals surface area contributed by atoms with E-state index >= 15 is 0 Å². The van der Waals surface area contributed by atoms with Crippen molar-refractivity contribution in [2.45, 2.75) is 69.5 Å². The molecule has 0 aromatic heterocycles. The lowest BCUT2D eigenvalue weighted by molar-refractivity contribution is -0.145. The number of hydrogen-bond donors (Lipinski definition) is 9. The van der Waals surface area contributed by atoms with Crippen molar-refractivity contribution in [2.75, 3.05) is 0 Å². The maximum absolute atomic E-state index is 12.6. The molecule has 0 spiro atoms. The Morgan fingerprint density at radius 2 is 1.28 bits per heavy atom. The van der Waals surface area contributed by atoms with Gasteiger partial charge in [-0.1, -0.05) is 0 Å². The summed E-state index contributed by atoms with van der Waals surface area (Å²) >= 11 is 0. The molecule has 182 valence electrons. The molecule has 0 aliphatic rings. The first-order valence-corrected chi connectivity index (χ1v) is 9.49. The molecule has 0 saturated heterocycles. The Balaban J connectivity index is 5.41. The highest BCUT2D eigenvalue weighted by Gasteiger charge is 2.34. The average Bonchev–Trinajstić information content (AvgIpc) is 2.65. The molecule has 0 radical (unpaired) electrons. The van der Waals surface area contributed by atoms with E-state index in [2.05, 4.69) is 10.6 Å². The second-order valence-electron chi connectivity index (χ2n) is 7.14. The molecule has 15 heteroatoms. The number of primary amides is 2. The molecular weight excluding hydrogens is 432 g/mol. The van der Waals surface area contributed by atoms with E-state index < -0.39 is 78.3 Å². The first-order valence-electron chi connectivity index (χ1n) is 9.49. The van der Waals surface area contributed by atoms with Crippen LogP contribution in [0.15, 0.2) is 0 Å². The van der Waals surface area contributed by atoms with Crippen LogP contribution in [-0.2, 0) is 28.8 Å². The molecule has 0 bridgehead atoms. The molecule has 0 aromatic rings. The fraction of sp³-hybridized carbons (Fsp3) is 0.647. The fourth-order valence-corrected chi connectivity index (χ4v) is 2.41. The highest BCUT2D eigenvalue weighted by Crippen LogP contribution is 2.02. The third-order valence-corrected chi connectivity index (χ3v) is 4.19. The lowest BCUT2D eigenvalue weighted by atomic mass is 10.1. The summed E-state index contributed by atoms with van der Waals surface area (Å²) in [7, 11) is 0. The van der Waals surface area contributed by atoms with Gasteiger partial charge in [-0.2, -0.15) is 0 Å². The van der Waals surface area contributed by atoms with E-state index in [4.69, 9.17) is 22.3 Å². The molecule has 0 aromatic carbocycles. The lowest BCUT2D eigenvalue weighted by Crippen LogP contribution is -2.60. The van der Waals surface area contributed by atoms with Crippen LogP contribution in [0.3, 0.4) is 0 Å². The highest BCUT2D eigenvalue weighted by atomic mass is 16.4. The number of aliphatic hydroxyl groups excluding tert-OH is 2. The summed E-state index contributed by atoms with van der Waals surface area (Å²) < 4.78 is 0. The Kier molecular flexibility index (Phi) is 11.8. The molecule has 0 heterocycles. The van der Waals surface area contributed by atoms with Crippen molar-refractivity contribution in [3.63, 3.8) is 0 Å². The molecule has 32 heavy (non-hydrogen) atoms. The number of nitrogens with one attached hydrogen (secondary N) is 3. The van der Waals surface area contributed by atoms with Gasteiger partial charge in [0, 0.05) is 6.42 Å². The number of nitrogens with two attached hydrogens (primary N) is 3. The summed E-state index contributed by atoms with van der Waals surface area (Å²) in [5.74, 6) is -6.46. The van der Waals surface area contributed by atoms with Crippen LogP contribution in [0.1, 0.15) is 33.1 Å². The number of carbonyl (C=O) groups excluding carboxylic acids is 5. The number of rotatable bonds is 14. The summed E-state index contributed by atoms with van der Waals surface area (Å²) in [6.45, 7) is 2.25. The molecule has 0 aliphatic heterocycles. The van der Waals surface area contributed by atoms with Crippen molar-refractivity contribution in [3.8, 4) is 0 Å². The second-order valence-corrected chi connectivity index (χ2v) is 7.14. The minimum Gasteiger partial charge on any atom is -0.480 e. The smallest absolute Gasteiger partial charge is 0.328 e. The van der Waals surface area contributed by atoms with Crippen LogP contribution in [0, 0.1) is 0 Å². The minimum atomic E-state index is -1.75. The van der Waals surface area contributed by atoms with E-state index in [9.17, 15) is 39.0 Å². The average molecular weight is 462 g/mol. The number of carbonyl (C=O) groups is 6. The van der Waals surface area contributed by atoms with Gasteiger partial charge in [-0.3, -0.25) is 24.0 Å². The molecule has 0 saturated carbocycles. The van der Waals surface area contributed by atoms with Gasteiger partial charge in [-0.25, -0.2) is 4.79 Å². The highest BCUT2D eigenvalue weighted by molar-refractivity contribution is 5.96. The minimum absolute atomic E-state index is 0.127. The number of aliphatic carboxylic acids is 1. The van der Waals surface area contributed by atoms with Crippen LogP contribution in [0.25, 0.3) is 0 Å². The Labute approximate surface area is 183 Å². The van der Waals surface area contributed by atoms with Gasteiger partial charge in [0.15, 0.2) is 6.04 Å². The van der Waals surface area contributed by atoms with Gasteiger partial charge in [0.25, 0.3) is 0 Å². The molecule has 0 rings (SSSR count). The van der Waals surface area contributed by atoms with Crippen molar-refractivity contribution in [1.29, 1.82) is 0 Å². The van der Waals surface area contributed by atoms with Crippen LogP contribution in [0.2, 0.25) is 0 Å². The number of carboxylic acid groups (broad SMARTS) is 1. The predicted molar refractivity (Wildman–Crippen MR) is 107 cm³/mol. The summed E-state index contributed by atoms with van der Waals surface area (Å²) in [5.41, 5.74) is 15.6. The van der Waals surface area contributed by atoms with Crippen LogP contribution >= 0.6 is 0 Å². The standard InChI is InChI=1S/C17H30N6O9/c1-6(24)12(22-14(28)8(18)3-4-10(19)26)16(30)21-9(5-11(20)27)15(29)23-13(7(2)25)17(31)32/h6-9,12-13,24-25H,3-5,18H2,1-2H3,(H2,19,26)(H2,20,27)(H,21,30)(H,22,28)(H,23,29)(H,31,32). The fourth-order valence-electron chi connectivity index (χ4n) is 2.41. The van der Waals surface area contributed by atoms with E-state index in [1.54, 1.807) is 0 Å². The largest absolute Gasteiger partial charge is 0.480 e. The maximum atomic E-state index is 12.6. The number of aliphatic hydroxyl groups is 2. The predicted octanol–water partition coefficient (Wildman–Crippen LogP) is -5.24. The monoisotopic (exact) mass is 462 g/mol. The molecule has 15 nitrogen and oxygen atoms in total. The Morgan fingerprint density at radius 1 is 0.781 bits per heavy atom. The van der Waals surface area contributed by atoms with Crippen molar-refractivity contribution >= 4 is 35.5 Å². The van der Waals surface area contributed by atoms with Gasteiger partial charge in [0.2, 0.25) is 29.5 Å². The topological polar surface area (TPSA) is 277 Å². The first-order chi connectivity index (χ1) is 14.7. The van der Waals surface area contributed by atoms with Crippen LogP contribution < -0.4 is 33.2 Å². The van der Waals surface area contributed by atoms with Crippen LogP contribution in [0.4, 0.5) is 0 Å². The van der Waals surface area contributed by atoms with Crippen molar-refractivity contribution < 1.29 is 44.1 Å². The molecule has 6 unspecified atom stereocenters. The van der Waals surface area contributed by atoms with Gasteiger partial charge in [0.05, 0.1) is 24.7 Å². The van der Waals surface area contributed by atoms with Gasteiger partial charge >= 0.3 is 5.97 Å². The summed E-state index contributed by atoms with van der Waals surface area (Å²) in [5, 5.41) is 34.6. The zero-order valence-electron chi connectivity index (χ0n) is 17.6. The maximum Gasteiger partial charge on any atom is 0.328 e. The molecule has 0 fully saturated rings. The molecule has 5 amide bonds. The molecular formula is C17H30N6O9. The molecule has 6 atom stereocenters. The third-order valence-electron chi connectivity index (χ3n) is 4.19. The Bertz CT molecular complexity index is 727. The van der Waals surface area contributed by atoms with Gasteiger partial charge < -0.3 is 48.5 Å². The van der Waals surface area contributed by atoms with Crippen molar-refractivity contribution in [1.82, 2.24) is 16.0 Å². The summed E-state index contributed by atoms with van der Waals surface area (Å²) in [6, 6.07) is -6.28. The van der Waals surface area contributed by atoms with Crippen molar-refractivity contribution in [2.24, 2.45) is 17.2 Å². The zero-order chi connectivity index (χ0) is 25.2. The lowest BCUT2D eigenvalue weighted by Gasteiger charge is -2.26. The quantitative estimate of drug-likeness (QED) is 0.118. The van der Waals surface area contributed by atoms with Crippen LogP contribution in [-0.4, -0.2) is 87.2 Å². The normalized spacial score (nSPS) is 16.4. The summed E-state index contributed by atoms with van der Waals surface area (Å²) in [6.07, 6.45) is -4.06. The first kappa shape index (κ1) is 28.7. The van der Waals surface area contributed by atoms with Gasteiger partial charge in [-0.15, -0.1) is 0 Å². The number of hydrogen-bond acceptors (Lipinski definition) is 9. The van der Waals surface area contributed by atoms with E-state index in [0.29, 0.717) is 0 Å². The summed E-state index contributed by atoms with van der Waals surface area (Å²) in [4.78, 5) is 70.3. The van der Waals surface area contributed by atoms with E-state index in [1.165, 1.54) is 0 Å². The zero-order valence-corrected chi connectivity index (χ0v) is 17.6. The number of amides is 5. The van der Waals surface area contributed by atoms with Gasteiger partial charge in [0.1, 0.15) is 12.1 Å². The van der Waals surface area contributed by atoms with E-state index in [0.717, 1.165) is 13.8 Å². The Morgan fingerprint density at radius 3 is 1.69 bits per heavy atom. The van der Waals surface area contributed by atoms with Crippen molar-refractivity contribution in [3.05, 3.63) is 0 Å². The van der Waals surface area contributed by atoms with Gasteiger partial charge in [-0.05, 0) is 20.3 Å². The third kappa shape index (κ3) is 10.1. The SMILES string of the molecule is CC(O)C(NC(=O)C(CC(N)=O)NC(=O)C(NC(=O)C(N)CCC(N)=O)C(C)O)C(=O)O.